The van der Waals surface area contributed by atoms with Crippen molar-refractivity contribution in [3.8, 4) is 0 Å². The average molecular weight is 336 g/mol. The molecule has 1 heterocycles. The van der Waals surface area contributed by atoms with Crippen LogP contribution < -0.4 is 10.6 Å². The summed E-state index contributed by atoms with van der Waals surface area (Å²) in [4.78, 5) is 12.4. The van der Waals surface area contributed by atoms with E-state index in [0.717, 1.165) is 32.8 Å². The molecule has 7 heteroatoms. The molecule has 0 saturated heterocycles. The third-order valence-corrected chi connectivity index (χ3v) is 5.18. The van der Waals surface area contributed by atoms with E-state index < -0.39 is 0 Å². The lowest BCUT2D eigenvalue weighted by atomic mass is 10.1. The van der Waals surface area contributed by atoms with Crippen LogP contribution in [-0.2, 0) is 4.79 Å². The average Bonchev–Trinajstić information content (AvgIpc) is 2.90. The van der Waals surface area contributed by atoms with Crippen molar-refractivity contribution in [3.63, 3.8) is 0 Å². The molecule has 1 aromatic carbocycles. The number of thioether (sulfide) groups is 1. The van der Waals surface area contributed by atoms with Crippen molar-refractivity contribution in [2.45, 2.75) is 37.3 Å². The molecule has 0 aliphatic carbocycles. The van der Waals surface area contributed by atoms with E-state index in [-0.39, 0.29) is 11.2 Å². The minimum Gasteiger partial charge on any atom is -0.360 e. The van der Waals surface area contributed by atoms with Crippen LogP contribution in [0, 0.1) is 13.8 Å². The molecule has 0 radical (unpaired) electrons. The Morgan fingerprint density at radius 2 is 2.00 bits per heavy atom. The van der Waals surface area contributed by atoms with Gasteiger partial charge in [-0.15, -0.1) is 10.2 Å². The van der Waals surface area contributed by atoms with Gasteiger partial charge in [0, 0.05) is 12.2 Å². The minimum absolute atomic E-state index is 0.0254. The number of aromatic nitrogens is 2. The minimum atomic E-state index is -0.235. The van der Waals surface area contributed by atoms with Crippen LogP contribution in [-0.4, -0.2) is 27.9 Å². The van der Waals surface area contributed by atoms with Gasteiger partial charge in [0.2, 0.25) is 11.0 Å². The second-order valence-corrected chi connectivity index (χ2v) is 7.49. The van der Waals surface area contributed by atoms with Gasteiger partial charge in [0.15, 0.2) is 4.34 Å². The largest absolute Gasteiger partial charge is 0.360 e. The number of nitrogens with one attached hydrogen (secondary N) is 2. The van der Waals surface area contributed by atoms with Crippen LogP contribution in [0.15, 0.2) is 22.5 Å². The molecule has 1 atom stereocenters. The summed E-state index contributed by atoms with van der Waals surface area (Å²) < 4.78 is 0.792. The lowest BCUT2D eigenvalue weighted by Gasteiger charge is -2.14. The van der Waals surface area contributed by atoms with Crippen LogP contribution in [0.3, 0.4) is 0 Å². The third kappa shape index (κ3) is 4.20. The number of rotatable bonds is 6. The molecule has 0 aliphatic heterocycles. The lowest BCUT2D eigenvalue weighted by molar-refractivity contribution is -0.115. The number of aryl methyl sites for hydroxylation is 2. The molecule has 0 fully saturated rings. The summed E-state index contributed by atoms with van der Waals surface area (Å²) in [5, 5.41) is 14.8. The first-order valence-corrected chi connectivity index (χ1v) is 8.82. The van der Waals surface area contributed by atoms with E-state index in [9.17, 15) is 4.79 Å². The molecule has 22 heavy (non-hydrogen) atoms. The van der Waals surface area contributed by atoms with Crippen molar-refractivity contribution in [2.75, 3.05) is 17.2 Å². The van der Waals surface area contributed by atoms with E-state index in [0.29, 0.717) is 0 Å². The van der Waals surface area contributed by atoms with Crippen molar-refractivity contribution in [1.29, 1.82) is 0 Å². The number of hydrogen-bond donors (Lipinski definition) is 2. The van der Waals surface area contributed by atoms with Crippen LogP contribution in [0.1, 0.15) is 25.0 Å². The molecule has 1 amide bonds. The predicted octanol–water partition coefficient (Wildman–Crippen LogP) is 3.71. The van der Waals surface area contributed by atoms with Crippen molar-refractivity contribution >= 4 is 39.8 Å². The van der Waals surface area contributed by atoms with Crippen molar-refractivity contribution in [3.05, 3.63) is 29.3 Å². The summed E-state index contributed by atoms with van der Waals surface area (Å²) in [5.41, 5.74) is 3.03. The molecule has 118 valence electrons. The van der Waals surface area contributed by atoms with Crippen LogP contribution in [0.2, 0.25) is 0 Å². The van der Waals surface area contributed by atoms with Gasteiger partial charge in [0.1, 0.15) is 0 Å². The fraction of sp³-hybridized carbons (Fsp3) is 0.400. The van der Waals surface area contributed by atoms with E-state index in [1.54, 1.807) is 0 Å². The molecular formula is C15H20N4OS2. The molecular weight excluding hydrogens is 316 g/mol. The van der Waals surface area contributed by atoms with Gasteiger partial charge in [-0.25, -0.2) is 0 Å². The third-order valence-electron chi connectivity index (χ3n) is 3.11. The van der Waals surface area contributed by atoms with Gasteiger partial charge in [-0.3, -0.25) is 4.79 Å². The zero-order valence-electron chi connectivity index (χ0n) is 13.1. The van der Waals surface area contributed by atoms with E-state index in [4.69, 9.17) is 0 Å². The van der Waals surface area contributed by atoms with Gasteiger partial charge in [-0.1, -0.05) is 41.3 Å². The zero-order valence-corrected chi connectivity index (χ0v) is 14.8. The Bertz CT molecular complexity index is 636. The number of anilines is 2. The van der Waals surface area contributed by atoms with E-state index in [1.165, 1.54) is 23.1 Å². The highest BCUT2D eigenvalue weighted by Gasteiger charge is 2.18. The van der Waals surface area contributed by atoms with Gasteiger partial charge in [-0.2, -0.15) is 0 Å². The summed E-state index contributed by atoms with van der Waals surface area (Å²) in [5.74, 6) is -0.0254. The smallest absolute Gasteiger partial charge is 0.237 e. The highest BCUT2D eigenvalue weighted by Crippen LogP contribution is 2.30. The number of amides is 1. The normalized spacial score (nSPS) is 12.0. The Kier molecular flexibility index (Phi) is 5.79. The lowest BCUT2D eigenvalue weighted by Crippen LogP contribution is -2.23. The Labute approximate surface area is 138 Å². The number of hydrogen-bond acceptors (Lipinski definition) is 6. The maximum absolute atomic E-state index is 12.4. The van der Waals surface area contributed by atoms with E-state index in [2.05, 4.69) is 20.8 Å². The van der Waals surface area contributed by atoms with Crippen LogP contribution in [0.25, 0.3) is 0 Å². The first-order chi connectivity index (χ1) is 10.5. The number of carbonyl (C=O) groups is 1. The number of benzene rings is 1. The van der Waals surface area contributed by atoms with Crippen molar-refractivity contribution < 1.29 is 4.79 Å². The first-order valence-electron chi connectivity index (χ1n) is 7.12. The predicted molar refractivity (Wildman–Crippen MR) is 93.9 cm³/mol. The van der Waals surface area contributed by atoms with Gasteiger partial charge >= 0.3 is 0 Å². The van der Waals surface area contributed by atoms with Gasteiger partial charge < -0.3 is 10.6 Å². The fourth-order valence-corrected chi connectivity index (χ4v) is 3.89. The first kappa shape index (κ1) is 16.8. The molecule has 2 aromatic rings. The van der Waals surface area contributed by atoms with Crippen LogP contribution >= 0.6 is 23.1 Å². The standard InChI is InChI=1S/C15H20N4OS2/c1-5-16-14-18-19-15(22-14)21-11(4)13(20)17-12-9(2)7-6-8-10(12)3/h6-8,11H,5H2,1-4H3,(H,16,18)(H,17,20)/t11-/m0/s1. The van der Waals surface area contributed by atoms with E-state index in [1.807, 2.05) is 45.9 Å². The summed E-state index contributed by atoms with van der Waals surface area (Å²) in [6.07, 6.45) is 0. The second kappa shape index (κ2) is 7.60. The molecule has 0 unspecified atom stereocenters. The Balaban J connectivity index is 1.99. The Morgan fingerprint density at radius 3 is 2.64 bits per heavy atom. The van der Waals surface area contributed by atoms with Crippen molar-refractivity contribution in [1.82, 2.24) is 10.2 Å². The van der Waals surface area contributed by atoms with Gasteiger partial charge in [0.05, 0.1) is 5.25 Å². The quantitative estimate of drug-likeness (QED) is 0.787. The highest BCUT2D eigenvalue weighted by molar-refractivity contribution is 8.02. The summed E-state index contributed by atoms with van der Waals surface area (Å²) in [6.45, 7) is 8.68. The Hall–Kier alpha value is -1.60. The van der Waals surface area contributed by atoms with Crippen molar-refractivity contribution in [2.24, 2.45) is 0 Å². The van der Waals surface area contributed by atoms with Crippen LogP contribution in [0.4, 0.5) is 10.8 Å². The fourth-order valence-electron chi connectivity index (χ4n) is 1.92. The number of nitrogens with zero attached hydrogens (tertiary/aromatic N) is 2. The van der Waals surface area contributed by atoms with Crippen LogP contribution in [0.5, 0.6) is 0 Å². The number of para-hydroxylation sites is 1. The Morgan fingerprint density at radius 1 is 1.32 bits per heavy atom. The summed E-state index contributed by atoms with van der Waals surface area (Å²) in [7, 11) is 0. The SMILES string of the molecule is CCNc1nnc(S[C@@H](C)C(=O)Nc2c(C)cccc2C)s1. The summed E-state index contributed by atoms with van der Waals surface area (Å²) in [6, 6.07) is 5.98. The summed E-state index contributed by atoms with van der Waals surface area (Å²) >= 11 is 2.89. The topological polar surface area (TPSA) is 66.9 Å². The molecule has 2 rings (SSSR count). The molecule has 0 spiro atoms. The van der Waals surface area contributed by atoms with Gasteiger partial charge in [0.25, 0.3) is 0 Å². The highest BCUT2D eigenvalue weighted by atomic mass is 32.2. The molecule has 0 bridgehead atoms. The van der Waals surface area contributed by atoms with Gasteiger partial charge in [-0.05, 0) is 38.8 Å². The molecule has 5 nitrogen and oxygen atoms in total. The molecule has 1 aromatic heterocycles. The molecule has 0 saturated carbocycles. The molecule has 2 N–H and O–H groups in total. The molecule has 0 aliphatic rings. The second-order valence-electron chi connectivity index (χ2n) is 4.92. The zero-order chi connectivity index (χ0) is 16.1. The maximum Gasteiger partial charge on any atom is 0.237 e. The number of carbonyl (C=O) groups excluding carboxylic acids is 1. The monoisotopic (exact) mass is 336 g/mol. The maximum atomic E-state index is 12.4. The van der Waals surface area contributed by atoms with E-state index >= 15 is 0 Å².